The van der Waals surface area contributed by atoms with Crippen LogP contribution in [0.15, 0.2) is 42.9 Å². The summed E-state index contributed by atoms with van der Waals surface area (Å²) in [7, 11) is 3.67. The van der Waals surface area contributed by atoms with Crippen molar-refractivity contribution in [2.24, 2.45) is 7.05 Å². The zero-order valence-electron chi connectivity index (χ0n) is 16.5. The first kappa shape index (κ1) is 18.8. The second-order valence-electron chi connectivity index (χ2n) is 7.57. The molecule has 0 amide bonds. The summed E-state index contributed by atoms with van der Waals surface area (Å²) in [5, 5.41) is 6.41. The number of carbonyl (C=O) groups is 1. The number of ketones is 1. The van der Waals surface area contributed by atoms with Gasteiger partial charge in [-0.15, -0.1) is 0 Å². The number of aryl methyl sites for hydroxylation is 1. The molecule has 1 aliphatic heterocycles. The molecule has 6 heteroatoms. The number of Topliss-reactive ketones (excluding diaryl/α,β-unsaturated/α-hetero) is 1. The van der Waals surface area contributed by atoms with Gasteiger partial charge in [-0.2, -0.15) is 5.10 Å². The molecule has 0 atom stereocenters. The van der Waals surface area contributed by atoms with Crippen LogP contribution in [0, 0.1) is 0 Å². The van der Waals surface area contributed by atoms with Gasteiger partial charge < -0.3 is 4.74 Å². The molecule has 0 radical (unpaired) electrons. The number of methoxy groups -OCH3 is 1. The van der Waals surface area contributed by atoms with E-state index in [2.05, 4.69) is 33.2 Å². The van der Waals surface area contributed by atoms with Gasteiger partial charge in [0.15, 0.2) is 5.78 Å². The molecule has 0 N–H and O–H groups in total. The molecule has 4 rings (SSSR count). The lowest BCUT2D eigenvalue weighted by atomic mass is 10.0. The summed E-state index contributed by atoms with van der Waals surface area (Å²) in [5.74, 6) is 0.214. The molecule has 1 saturated heterocycles. The molecular formula is C22H26N4O2. The lowest BCUT2D eigenvalue weighted by Gasteiger charge is -2.30. The Hall–Kier alpha value is -2.57. The van der Waals surface area contributed by atoms with Crippen LogP contribution in [-0.2, 0) is 23.0 Å². The monoisotopic (exact) mass is 378 g/mol. The third kappa shape index (κ3) is 4.29. The standard InChI is InChI=1S/C22H26N4O2/c1-25-14-19(13-24-25)16-3-4-17-12-23-20(10-18(17)9-16)11-21(27)15-26-7-5-22(28-2)6-8-26/h3-4,9-10,12-14,22H,5-8,11,15H2,1-2H3. The van der Waals surface area contributed by atoms with Gasteiger partial charge in [0.25, 0.3) is 0 Å². The Labute approximate surface area is 165 Å². The zero-order chi connectivity index (χ0) is 19.5. The van der Waals surface area contributed by atoms with E-state index in [1.54, 1.807) is 11.8 Å². The van der Waals surface area contributed by atoms with Crippen LogP contribution >= 0.6 is 0 Å². The van der Waals surface area contributed by atoms with Gasteiger partial charge in [-0.3, -0.25) is 19.4 Å². The van der Waals surface area contributed by atoms with E-state index in [0.29, 0.717) is 19.1 Å². The van der Waals surface area contributed by atoms with Crippen LogP contribution < -0.4 is 0 Å². The van der Waals surface area contributed by atoms with E-state index in [1.807, 2.05) is 31.7 Å². The average molecular weight is 378 g/mol. The molecule has 0 saturated carbocycles. The number of nitrogens with zero attached hydrogens (tertiary/aromatic N) is 4. The third-order valence-corrected chi connectivity index (χ3v) is 5.46. The van der Waals surface area contributed by atoms with Crippen LogP contribution in [0.3, 0.4) is 0 Å². The molecule has 6 nitrogen and oxygen atoms in total. The SMILES string of the molecule is COC1CCN(CC(=O)Cc2cc3cc(-c4cnn(C)c4)ccc3cn2)CC1. The number of hydrogen-bond donors (Lipinski definition) is 0. The van der Waals surface area contributed by atoms with Crippen LogP contribution in [0.1, 0.15) is 18.5 Å². The Morgan fingerprint density at radius 2 is 1.96 bits per heavy atom. The van der Waals surface area contributed by atoms with E-state index in [9.17, 15) is 4.79 Å². The molecule has 0 aliphatic carbocycles. The highest BCUT2D eigenvalue weighted by atomic mass is 16.5. The maximum atomic E-state index is 12.5. The molecule has 1 fully saturated rings. The van der Waals surface area contributed by atoms with Crippen molar-refractivity contribution in [1.82, 2.24) is 19.7 Å². The van der Waals surface area contributed by atoms with E-state index >= 15 is 0 Å². The highest BCUT2D eigenvalue weighted by molar-refractivity contribution is 5.88. The van der Waals surface area contributed by atoms with Gasteiger partial charge in [0.05, 0.1) is 25.3 Å². The normalized spacial score (nSPS) is 15.9. The number of rotatable bonds is 6. The fraction of sp³-hybridized carbons (Fsp3) is 0.409. The lowest BCUT2D eigenvalue weighted by molar-refractivity contribution is -0.120. The van der Waals surface area contributed by atoms with Gasteiger partial charge in [0.2, 0.25) is 0 Å². The van der Waals surface area contributed by atoms with Crippen LogP contribution in [0.25, 0.3) is 21.9 Å². The number of carbonyl (C=O) groups excluding carboxylic acids is 1. The first-order chi connectivity index (χ1) is 13.6. The third-order valence-electron chi connectivity index (χ3n) is 5.46. The van der Waals surface area contributed by atoms with Crippen LogP contribution in [0.4, 0.5) is 0 Å². The van der Waals surface area contributed by atoms with Gasteiger partial charge >= 0.3 is 0 Å². The molecule has 3 heterocycles. The smallest absolute Gasteiger partial charge is 0.152 e. The van der Waals surface area contributed by atoms with Crippen LogP contribution in [-0.4, -0.2) is 58.3 Å². The summed E-state index contributed by atoms with van der Waals surface area (Å²) >= 11 is 0. The summed E-state index contributed by atoms with van der Waals surface area (Å²) in [4.78, 5) is 19.3. The first-order valence-electron chi connectivity index (χ1n) is 9.75. The summed E-state index contributed by atoms with van der Waals surface area (Å²) in [5.41, 5.74) is 3.02. The van der Waals surface area contributed by atoms with Crippen LogP contribution in [0.2, 0.25) is 0 Å². The fourth-order valence-electron chi connectivity index (χ4n) is 3.84. The van der Waals surface area contributed by atoms with Crippen molar-refractivity contribution < 1.29 is 9.53 Å². The van der Waals surface area contributed by atoms with Crippen molar-refractivity contribution >= 4 is 16.6 Å². The number of pyridine rings is 1. The Kier molecular flexibility index (Phi) is 5.50. The van der Waals surface area contributed by atoms with Gasteiger partial charge in [-0.05, 0) is 35.9 Å². The minimum absolute atomic E-state index is 0.214. The Morgan fingerprint density at radius 1 is 1.14 bits per heavy atom. The highest BCUT2D eigenvalue weighted by Crippen LogP contribution is 2.24. The largest absolute Gasteiger partial charge is 0.381 e. The molecule has 0 spiro atoms. The molecule has 1 aromatic carbocycles. The summed E-state index contributed by atoms with van der Waals surface area (Å²) in [6.45, 7) is 2.33. The first-order valence-corrected chi connectivity index (χ1v) is 9.75. The predicted octanol–water partition coefficient (Wildman–Crippen LogP) is 2.86. The van der Waals surface area contributed by atoms with Crippen molar-refractivity contribution in [3.8, 4) is 11.1 Å². The molecule has 2 aromatic heterocycles. The lowest BCUT2D eigenvalue weighted by Crippen LogP contribution is -2.39. The Morgan fingerprint density at radius 3 is 2.68 bits per heavy atom. The number of piperidine rings is 1. The van der Waals surface area contributed by atoms with Crippen molar-refractivity contribution in [3.63, 3.8) is 0 Å². The minimum Gasteiger partial charge on any atom is -0.381 e. The van der Waals surface area contributed by atoms with Gasteiger partial charge in [0.1, 0.15) is 0 Å². The molecule has 0 unspecified atom stereocenters. The van der Waals surface area contributed by atoms with Gasteiger partial charge in [0, 0.05) is 56.3 Å². The van der Waals surface area contributed by atoms with Crippen molar-refractivity contribution in [2.45, 2.75) is 25.4 Å². The number of benzene rings is 1. The van der Waals surface area contributed by atoms with E-state index in [0.717, 1.165) is 53.5 Å². The maximum absolute atomic E-state index is 12.5. The maximum Gasteiger partial charge on any atom is 0.152 e. The number of likely N-dealkylation sites (tertiary alicyclic amines) is 1. The predicted molar refractivity (Wildman–Crippen MR) is 109 cm³/mol. The van der Waals surface area contributed by atoms with Crippen LogP contribution in [0.5, 0.6) is 0 Å². The number of ether oxygens (including phenoxy) is 1. The fourth-order valence-corrected chi connectivity index (χ4v) is 3.84. The summed E-state index contributed by atoms with van der Waals surface area (Å²) in [6, 6.07) is 8.31. The molecule has 28 heavy (non-hydrogen) atoms. The Balaban J connectivity index is 1.44. The van der Waals surface area contributed by atoms with E-state index in [1.165, 1.54) is 0 Å². The topological polar surface area (TPSA) is 60.2 Å². The van der Waals surface area contributed by atoms with E-state index in [-0.39, 0.29) is 5.78 Å². The zero-order valence-corrected chi connectivity index (χ0v) is 16.5. The molecule has 3 aromatic rings. The van der Waals surface area contributed by atoms with Crippen molar-refractivity contribution in [3.05, 3.63) is 48.5 Å². The molecule has 146 valence electrons. The average Bonchev–Trinajstić information content (AvgIpc) is 3.14. The number of hydrogen-bond acceptors (Lipinski definition) is 5. The van der Waals surface area contributed by atoms with Gasteiger partial charge in [-0.25, -0.2) is 0 Å². The Bertz CT molecular complexity index is 974. The molecule has 0 bridgehead atoms. The second kappa shape index (κ2) is 8.20. The van der Waals surface area contributed by atoms with E-state index < -0.39 is 0 Å². The van der Waals surface area contributed by atoms with Crippen molar-refractivity contribution in [2.75, 3.05) is 26.7 Å². The molecule has 1 aliphatic rings. The van der Waals surface area contributed by atoms with E-state index in [4.69, 9.17) is 4.74 Å². The quantitative estimate of drug-likeness (QED) is 0.660. The molecular weight excluding hydrogens is 352 g/mol. The summed E-state index contributed by atoms with van der Waals surface area (Å²) < 4.78 is 7.19. The second-order valence-corrected chi connectivity index (χ2v) is 7.57. The number of aromatic nitrogens is 3. The number of fused-ring (bicyclic) bond motifs is 1. The van der Waals surface area contributed by atoms with Crippen molar-refractivity contribution in [1.29, 1.82) is 0 Å². The van der Waals surface area contributed by atoms with Gasteiger partial charge in [-0.1, -0.05) is 12.1 Å². The highest BCUT2D eigenvalue weighted by Gasteiger charge is 2.20. The summed E-state index contributed by atoms with van der Waals surface area (Å²) in [6.07, 6.45) is 8.41. The minimum atomic E-state index is 0.214.